The first-order valence-electron chi connectivity index (χ1n) is 9.57. The number of nitrogens with one attached hydrogen (secondary N) is 1. The summed E-state index contributed by atoms with van der Waals surface area (Å²) in [5, 5.41) is 7.13. The molecule has 2 aliphatic heterocycles. The van der Waals surface area contributed by atoms with E-state index in [-0.39, 0.29) is 18.5 Å². The van der Waals surface area contributed by atoms with Gasteiger partial charge in [0.2, 0.25) is 0 Å². The minimum Gasteiger partial charge on any atom is -0.464 e. The Bertz CT molecular complexity index is 711. The highest BCUT2D eigenvalue weighted by Crippen LogP contribution is 2.17. The standard InChI is InChI=1S/C18H27N5O4/c1-3-27-17(25)13(2)19-18(26)22-9-6-10-23-14(12-22)11-15(20-23)16(24)21-7-4-5-8-21/h11,13H,3-10,12H2,1-2H3,(H,19,26)/t13-/m1/s1. The van der Waals surface area contributed by atoms with Crippen molar-refractivity contribution in [1.29, 1.82) is 0 Å². The SMILES string of the molecule is CCOC(=O)[C@@H](C)NC(=O)N1CCCn2nc(C(=O)N3CCCC3)cc2C1. The highest BCUT2D eigenvalue weighted by atomic mass is 16.5. The summed E-state index contributed by atoms with van der Waals surface area (Å²) in [5.41, 5.74) is 1.27. The van der Waals surface area contributed by atoms with Crippen LogP contribution in [0.25, 0.3) is 0 Å². The van der Waals surface area contributed by atoms with Crippen molar-refractivity contribution in [1.82, 2.24) is 24.9 Å². The van der Waals surface area contributed by atoms with Crippen LogP contribution in [0.1, 0.15) is 49.3 Å². The van der Waals surface area contributed by atoms with E-state index in [1.807, 2.05) is 9.58 Å². The fourth-order valence-corrected chi connectivity index (χ4v) is 3.43. The third-order valence-electron chi connectivity index (χ3n) is 4.89. The lowest BCUT2D eigenvalue weighted by Gasteiger charge is -2.22. The molecule has 0 spiro atoms. The maximum Gasteiger partial charge on any atom is 0.328 e. The first-order chi connectivity index (χ1) is 13.0. The van der Waals surface area contributed by atoms with E-state index in [1.54, 1.807) is 24.8 Å². The number of ether oxygens (including phenoxy) is 1. The van der Waals surface area contributed by atoms with Crippen molar-refractivity contribution in [2.24, 2.45) is 0 Å². The van der Waals surface area contributed by atoms with E-state index in [0.29, 0.717) is 25.3 Å². The molecule has 0 unspecified atom stereocenters. The molecule has 9 heteroatoms. The second-order valence-electron chi connectivity index (χ2n) is 6.94. The molecule has 1 aromatic heterocycles. The minimum absolute atomic E-state index is 0.0417. The van der Waals surface area contributed by atoms with E-state index < -0.39 is 12.0 Å². The molecule has 3 heterocycles. The van der Waals surface area contributed by atoms with Crippen LogP contribution in [-0.4, -0.2) is 69.8 Å². The minimum atomic E-state index is -0.710. The normalized spacial score (nSPS) is 17.9. The number of amides is 3. The van der Waals surface area contributed by atoms with Gasteiger partial charge in [-0.25, -0.2) is 9.59 Å². The van der Waals surface area contributed by atoms with Gasteiger partial charge in [0.05, 0.1) is 18.8 Å². The molecule has 0 bridgehead atoms. The molecule has 27 heavy (non-hydrogen) atoms. The van der Waals surface area contributed by atoms with Crippen molar-refractivity contribution >= 4 is 17.9 Å². The maximum absolute atomic E-state index is 12.6. The number of aryl methyl sites for hydroxylation is 1. The van der Waals surface area contributed by atoms with E-state index in [2.05, 4.69) is 10.4 Å². The number of rotatable bonds is 4. The Morgan fingerprint density at radius 3 is 2.56 bits per heavy atom. The van der Waals surface area contributed by atoms with Crippen LogP contribution in [0.15, 0.2) is 6.07 Å². The van der Waals surface area contributed by atoms with E-state index in [1.165, 1.54) is 0 Å². The van der Waals surface area contributed by atoms with Crippen LogP contribution < -0.4 is 5.32 Å². The molecule has 0 radical (unpaired) electrons. The van der Waals surface area contributed by atoms with Gasteiger partial charge in [0.25, 0.3) is 5.91 Å². The van der Waals surface area contributed by atoms with Crippen LogP contribution in [0, 0.1) is 0 Å². The number of fused-ring (bicyclic) bond motifs is 1. The summed E-state index contributed by atoms with van der Waals surface area (Å²) in [5.74, 6) is -0.496. The first kappa shape index (κ1) is 19.2. The first-order valence-corrected chi connectivity index (χ1v) is 9.57. The zero-order valence-electron chi connectivity index (χ0n) is 15.9. The molecular formula is C18H27N5O4. The largest absolute Gasteiger partial charge is 0.464 e. The molecule has 1 N–H and O–H groups in total. The van der Waals surface area contributed by atoms with Crippen molar-refractivity contribution in [3.05, 3.63) is 17.5 Å². The van der Waals surface area contributed by atoms with Crippen LogP contribution in [-0.2, 0) is 22.6 Å². The lowest BCUT2D eigenvalue weighted by Crippen LogP contribution is -2.47. The van der Waals surface area contributed by atoms with E-state index in [0.717, 1.165) is 38.0 Å². The predicted molar refractivity (Wildman–Crippen MR) is 97.0 cm³/mol. The lowest BCUT2D eigenvalue weighted by molar-refractivity contribution is -0.144. The number of hydrogen-bond donors (Lipinski definition) is 1. The summed E-state index contributed by atoms with van der Waals surface area (Å²) >= 11 is 0. The van der Waals surface area contributed by atoms with Gasteiger partial charge >= 0.3 is 12.0 Å². The molecule has 1 atom stereocenters. The number of carbonyl (C=O) groups is 3. The number of hydrogen-bond acceptors (Lipinski definition) is 5. The predicted octanol–water partition coefficient (Wildman–Crippen LogP) is 0.986. The number of likely N-dealkylation sites (tertiary alicyclic amines) is 1. The van der Waals surface area contributed by atoms with Gasteiger partial charge in [-0.2, -0.15) is 5.10 Å². The van der Waals surface area contributed by atoms with E-state index in [4.69, 9.17) is 4.74 Å². The topological polar surface area (TPSA) is 96.8 Å². The molecule has 0 saturated carbocycles. The molecule has 1 saturated heterocycles. The number of esters is 1. The average Bonchev–Trinajstić information content (AvgIpc) is 3.27. The van der Waals surface area contributed by atoms with E-state index >= 15 is 0 Å². The zero-order chi connectivity index (χ0) is 19.4. The third kappa shape index (κ3) is 4.40. The Labute approximate surface area is 158 Å². The van der Waals surface area contributed by atoms with Crippen molar-refractivity contribution < 1.29 is 19.1 Å². The molecule has 0 aliphatic carbocycles. The Morgan fingerprint density at radius 1 is 1.15 bits per heavy atom. The fraction of sp³-hybridized carbons (Fsp3) is 0.667. The van der Waals surface area contributed by atoms with Crippen LogP contribution >= 0.6 is 0 Å². The number of urea groups is 1. The van der Waals surface area contributed by atoms with Gasteiger partial charge in [-0.1, -0.05) is 0 Å². The van der Waals surface area contributed by atoms with Gasteiger partial charge in [-0.05, 0) is 39.2 Å². The Morgan fingerprint density at radius 2 is 1.85 bits per heavy atom. The average molecular weight is 377 g/mol. The van der Waals surface area contributed by atoms with Gasteiger partial charge in [-0.3, -0.25) is 9.48 Å². The van der Waals surface area contributed by atoms with Crippen molar-refractivity contribution in [2.75, 3.05) is 26.2 Å². The molecule has 1 aromatic rings. The van der Waals surface area contributed by atoms with Gasteiger partial charge in [0.15, 0.2) is 5.69 Å². The summed E-state index contributed by atoms with van der Waals surface area (Å²) in [4.78, 5) is 40.3. The molecule has 3 amide bonds. The second-order valence-corrected chi connectivity index (χ2v) is 6.94. The molecule has 0 aromatic carbocycles. The van der Waals surface area contributed by atoms with Crippen molar-refractivity contribution in [2.45, 2.75) is 52.2 Å². The van der Waals surface area contributed by atoms with Gasteiger partial charge in [0, 0.05) is 26.2 Å². The van der Waals surface area contributed by atoms with Crippen LogP contribution in [0.2, 0.25) is 0 Å². The Hall–Kier alpha value is -2.58. The number of aromatic nitrogens is 2. The monoisotopic (exact) mass is 377 g/mol. The van der Waals surface area contributed by atoms with Crippen LogP contribution in [0.5, 0.6) is 0 Å². The molecule has 3 rings (SSSR count). The molecule has 148 valence electrons. The summed E-state index contributed by atoms with van der Waals surface area (Å²) < 4.78 is 6.73. The van der Waals surface area contributed by atoms with Gasteiger partial charge in [0.1, 0.15) is 6.04 Å². The quantitative estimate of drug-likeness (QED) is 0.789. The smallest absolute Gasteiger partial charge is 0.328 e. The maximum atomic E-state index is 12.6. The van der Waals surface area contributed by atoms with E-state index in [9.17, 15) is 14.4 Å². The van der Waals surface area contributed by atoms with Gasteiger partial charge < -0.3 is 19.9 Å². The third-order valence-corrected chi connectivity index (χ3v) is 4.89. The Kier molecular flexibility index (Phi) is 5.98. The molecule has 2 aliphatic rings. The lowest BCUT2D eigenvalue weighted by atomic mass is 10.3. The Balaban J connectivity index is 1.65. The number of nitrogens with zero attached hydrogens (tertiary/aromatic N) is 4. The highest BCUT2D eigenvalue weighted by Gasteiger charge is 2.27. The summed E-state index contributed by atoms with van der Waals surface area (Å²) in [6.07, 6.45) is 2.80. The second kappa shape index (κ2) is 8.41. The van der Waals surface area contributed by atoms with Gasteiger partial charge in [-0.15, -0.1) is 0 Å². The van der Waals surface area contributed by atoms with Crippen LogP contribution in [0.4, 0.5) is 4.79 Å². The van der Waals surface area contributed by atoms with Crippen molar-refractivity contribution in [3.8, 4) is 0 Å². The fourth-order valence-electron chi connectivity index (χ4n) is 3.43. The zero-order valence-corrected chi connectivity index (χ0v) is 15.9. The summed E-state index contributed by atoms with van der Waals surface area (Å²) in [7, 11) is 0. The molecular weight excluding hydrogens is 350 g/mol. The molecule has 1 fully saturated rings. The highest BCUT2D eigenvalue weighted by molar-refractivity contribution is 5.92. The summed E-state index contributed by atoms with van der Waals surface area (Å²) in [6.45, 7) is 6.72. The molecule has 9 nitrogen and oxygen atoms in total. The van der Waals surface area contributed by atoms with Crippen LogP contribution in [0.3, 0.4) is 0 Å². The summed E-state index contributed by atoms with van der Waals surface area (Å²) in [6, 6.07) is 0.747. The number of carbonyl (C=O) groups excluding carboxylic acids is 3. The van der Waals surface area contributed by atoms with Crippen molar-refractivity contribution in [3.63, 3.8) is 0 Å².